The normalized spacial score (nSPS) is 21.2. The summed E-state index contributed by atoms with van der Waals surface area (Å²) < 4.78 is 77.3. The maximum absolute atomic E-state index is 13.5. The molecule has 1 aliphatic rings. The van der Waals surface area contributed by atoms with Crippen LogP contribution >= 0.6 is 0 Å². The Kier molecular flexibility index (Phi) is 5.41. The van der Waals surface area contributed by atoms with Gasteiger partial charge in [-0.25, -0.2) is 13.8 Å². The van der Waals surface area contributed by atoms with E-state index in [2.05, 4.69) is 15.2 Å². The van der Waals surface area contributed by atoms with E-state index >= 15 is 0 Å². The van der Waals surface area contributed by atoms with Gasteiger partial charge in [-0.05, 0) is 25.3 Å². The van der Waals surface area contributed by atoms with Crippen LogP contribution in [-0.2, 0) is 5.60 Å². The van der Waals surface area contributed by atoms with Crippen LogP contribution in [0.2, 0.25) is 0 Å². The maximum Gasteiger partial charge on any atom is 0.426 e. The minimum Gasteiger partial charge on any atom is -0.477 e. The van der Waals surface area contributed by atoms with Crippen LogP contribution in [-0.4, -0.2) is 33.1 Å². The van der Waals surface area contributed by atoms with Crippen LogP contribution in [0.25, 0.3) is 11.6 Å². The van der Waals surface area contributed by atoms with Crippen LogP contribution in [0.4, 0.5) is 27.6 Å². The van der Waals surface area contributed by atoms with E-state index in [9.17, 15) is 27.1 Å². The summed E-state index contributed by atoms with van der Waals surface area (Å²) in [5, 5.41) is 17.0. The highest BCUT2D eigenvalue weighted by Crippen LogP contribution is 2.43. The van der Waals surface area contributed by atoms with Crippen LogP contribution < -0.4 is 10.5 Å². The summed E-state index contributed by atoms with van der Waals surface area (Å²) in [4.78, 5) is 3.85. The summed E-state index contributed by atoms with van der Waals surface area (Å²) in [5.74, 6) is -2.02. The van der Waals surface area contributed by atoms with E-state index < -0.39 is 47.8 Å². The van der Waals surface area contributed by atoms with Crippen molar-refractivity contribution in [2.45, 2.75) is 50.3 Å². The number of nitrogen functional groups attached to an aromatic ring is 1. The lowest BCUT2D eigenvalue weighted by atomic mass is 9.95. The second kappa shape index (κ2) is 7.49. The minimum atomic E-state index is -5.05. The quantitative estimate of drug-likeness (QED) is 0.692. The summed E-state index contributed by atoms with van der Waals surface area (Å²) in [5.41, 5.74) is 1.20. The predicted octanol–water partition coefficient (Wildman–Crippen LogP) is 3.74. The number of aliphatic hydroxyl groups is 1. The lowest BCUT2D eigenvalue weighted by Crippen LogP contribution is -2.42. The molecule has 0 aromatic carbocycles. The zero-order chi connectivity index (χ0) is 20.5. The van der Waals surface area contributed by atoms with Gasteiger partial charge in [0.05, 0.1) is 17.9 Å². The SMILES string of the molecule is Nc1cc(C(F)F)c2nc1-c1nnc(o1)C(O)(C(F)(F)F)CCCCCCO2. The molecule has 0 saturated carbocycles. The number of alkyl halides is 5. The Balaban J connectivity index is 2.12. The fourth-order valence-corrected chi connectivity index (χ4v) is 2.83. The first kappa shape index (κ1) is 20.2. The number of anilines is 1. The number of hydrogen-bond acceptors (Lipinski definition) is 7. The van der Waals surface area contributed by atoms with Gasteiger partial charge in [0.2, 0.25) is 11.5 Å². The van der Waals surface area contributed by atoms with Gasteiger partial charge in [-0.1, -0.05) is 12.8 Å². The molecular formula is C16H17F5N4O3. The molecule has 3 N–H and O–H groups in total. The third-order valence-electron chi connectivity index (χ3n) is 4.40. The van der Waals surface area contributed by atoms with Gasteiger partial charge >= 0.3 is 6.18 Å². The summed E-state index contributed by atoms with van der Waals surface area (Å²) in [6.45, 7) is 0.0364. The Morgan fingerprint density at radius 2 is 1.86 bits per heavy atom. The Bertz CT molecular complexity index is 842. The molecule has 1 atom stereocenters. The first-order valence-corrected chi connectivity index (χ1v) is 8.48. The first-order chi connectivity index (χ1) is 13.1. The standard InChI is InChI=1S/C16H17F5N4O3/c17-11(18)8-7-9(22)10-13-24-25-14(28-13)15(26,16(19,20)21)5-3-1-2-4-6-27-12(8)23-10/h7,11,26H,1-6,22H2. The van der Waals surface area contributed by atoms with Crippen molar-refractivity contribution >= 4 is 5.69 Å². The number of hydrogen-bond donors (Lipinski definition) is 2. The minimum absolute atomic E-state index is 0.0295. The topological polar surface area (TPSA) is 107 Å². The third kappa shape index (κ3) is 3.73. The molecule has 28 heavy (non-hydrogen) atoms. The van der Waals surface area contributed by atoms with Gasteiger partial charge < -0.3 is 20.0 Å². The largest absolute Gasteiger partial charge is 0.477 e. The van der Waals surface area contributed by atoms with Crippen molar-refractivity contribution in [3.63, 3.8) is 0 Å². The summed E-state index contributed by atoms with van der Waals surface area (Å²) in [6, 6.07) is 0.897. The number of pyridine rings is 1. The van der Waals surface area contributed by atoms with E-state index in [-0.39, 0.29) is 24.4 Å². The second-order valence-electron chi connectivity index (χ2n) is 6.40. The molecule has 1 aliphatic heterocycles. The average Bonchev–Trinajstić information content (AvgIpc) is 3.09. The van der Waals surface area contributed by atoms with E-state index in [0.29, 0.717) is 19.3 Å². The molecule has 2 aromatic heterocycles. The van der Waals surface area contributed by atoms with Gasteiger partial charge in [-0.2, -0.15) is 13.2 Å². The molecule has 0 aliphatic carbocycles. The molecule has 7 nitrogen and oxygen atoms in total. The fourth-order valence-electron chi connectivity index (χ4n) is 2.83. The second-order valence-corrected chi connectivity index (χ2v) is 6.40. The number of fused-ring (bicyclic) bond motifs is 5. The molecule has 0 fully saturated rings. The summed E-state index contributed by atoms with van der Waals surface area (Å²) >= 11 is 0. The van der Waals surface area contributed by atoms with Gasteiger partial charge in [0.1, 0.15) is 0 Å². The van der Waals surface area contributed by atoms with Crippen LogP contribution in [0.3, 0.4) is 0 Å². The fraction of sp³-hybridized carbons (Fsp3) is 0.562. The molecule has 3 heterocycles. The third-order valence-corrected chi connectivity index (χ3v) is 4.40. The number of halogens is 5. The molecule has 0 amide bonds. The molecule has 154 valence electrons. The van der Waals surface area contributed by atoms with E-state index in [1.807, 2.05) is 0 Å². The molecule has 0 radical (unpaired) electrons. The maximum atomic E-state index is 13.5. The molecule has 1 unspecified atom stereocenters. The van der Waals surface area contributed by atoms with E-state index in [4.69, 9.17) is 14.9 Å². The number of nitrogens with zero attached hydrogens (tertiary/aromatic N) is 3. The smallest absolute Gasteiger partial charge is 0.426 e. The van der Waals surface area contributed by atoms with Gasteiger partial charge in [-0.15, -0.1) is 10.2 Å². The van der Waals surface area contributed by atoms with Gasteiger partial charge in [0, 0.05) is 0 Å². The number of rotatable bonds is 1. The first-order valence-electron chi connectivity index (χ1n) is 8.48. The van der Waals surface area contributed by atoms with Crippen molar-refractivity contribution in [3.8, 4) is 17.5 Å². The summed E-state index contributed by atoms with van der Waals surface area (Å²) in [6.07, 6.45) is -7.39. The molecule has 0 saturated heterocycles. The van der Waals surface area contributed by atoms with Crippen molar-refractivity contribution in [2.75, 3.05) is 12.3 Å². The lowest BCUT2D eigenvalue weighted by Gasteiger charge is -2.26. The van der Waals surface area contributed by atoms with Gasteiger partial charge in [-0.3, -0.25) is 0 Å². The molecule has 3 rings (SSSR count). The Morgan fingerprint density at radius 3 is 2.54 bits per heavy atom. The molecule has 12 heteroatoms. The molecule has 0 spiro atoms. The van der Waals surface area contributed by atoms with Crippen molar-refractivity contribution in [3.05, 3.63) is 17.5 Å². The van der Waals surface area contributed by atoms with E-state index in [1.165, 1.54) is 0 Å². The highest BCUT2D eigenvalue weighted by atomic mass is 19.4. The van der Waals surface area contributed by atoms with Crippen LogP contribution in [0, 0.1) is 0 Å². The molecule has 2 aromatic rings. The van der Waals surface area contributed by atoms with E-state index in [1.54, 1.807) is 0 Å². The number of nitrogens with two attached hydrogens (primary N) is 1. The highest BCUT2D eigenvalue weighted by Gasteiger charge is 2.58. The molecule has 4 bridgehead atoms. The lowest BCUT2D eigenvalue weighted by molar-refractivity contribution is -0.277. The Hall–Kier alpha value is -2.50. The monoisotopic (exact) mass is 408 g/mol. The summed E-state index contributed by atoms with van der Waals surface area (Å²) in [7, 11) is 0. The number of ether oxygens (including phenoxy) is 1. The highest BCUT2D eigenvalue weighted by molar-refractivity contribution is 5.68. The zero-order valence-corrected chi connectivity index (χ0v) is 14.5. The van der Waals surface area contributed by atoms with Gasteiger partial charge in [0.25, 0.3) is 18.2 Å². The Labute approximate surface area is 155 Å². The average molecular weight is 408 g/mol. The van der Waals surface area contributed by atoms with Crippen LogP contribution in [0.15, 0.2) is 10.5 Å². The van der Waals surface area contributed by atoms with Crippen molar-refractivity contribution in [2.24, 2.45) is 0 Å². The number of aromatic nitrogens is 3. The molecular weight excluding hydrogens is 391 g/mol. The van der Waals surface area contributed by atoms with Crippen LogP contribution in [0.1, 0.15) is 50.0 Å². The van der Waals surface area contributed by atoms with Crippen molar-refractivity contribution in [1.82, 2.24) is 15.2 Å². The zero-order valence-electron chi connectivity index (χ0n) is 14.5. The van der Waals surface area contributed by atoms with Crippen molar-refractivity contribution < 1.29 is 36.2 Å². The Morgan fingerprint density at radius 1 is 1.14 bits per heavy atom. The van der Waals surface area contributed by atoms with Crippen LogP contribution in [0.5, 0.6) is 5.88 Å². The predicted molar refractivity (Wildman–Crippen MR) is 85.4 cm³/mol. The van der Waals surface area contributed by atoms with Gasteiger partial charge in [0.15, 0.2) is 5.69 Å². The van der Waals surface area contributed by atoms with Crippen molar-refractivity contribution in [1.29, 1.82) is 0 Å². The van der Waals surface area contributed by atoms with E-state index in [0.717, 1.165) is 6.07 Å².